The number of amides is 1. The van der Waals surface area contributed by atoms with Gasteiger partial charge in [0.05, 0.1) is 18.7 Å². The van der Waals surface area contributed by atoms with E-state index >= 15 is 0 Å². The molecule has 0 radical (unpaired) electrons. The summed E-state index contributed by atoms with van der Waals surface area (Å²) in [6, 6.07) is 5.14. The molecule has 0 bridgehead atoms. The molecule has 0 aliphatic carbocycles. The molecule has 1 aliphatic rings. The normalized spacial score (nSPS) is 20.7. The number of nitrogen functional groups attached to an aromatic ring is 1. The van der Waals surface area contributed by atoms with Crippen LogP contribution in [0.5, 0.6) is 0 Å². The van der Waals surface area contributed by atoms with Gasteiger partial charge in [-0.25, -0.2) is 0 Å². The standard InChI is InChI=1S/C16H22N4O4/c1-22-10-12-3-4-14(24-12)16(21)20-9-13(23-2)7-11(20)8-19-6-5-15(17)18-19/h3-6,11,13H,7-10H2,1-2H3,(H2,17,18)/t11-,13-/m0/s1. The summed E-state index contributed by atoms with van der Waals surface area (Å²) in [5.41, 5.74) is 5.66. The van der Waals surface area contributed by atoms with Crippen molar-refractivity contribution in [2.75, 3.05) is 26.5 Å². The first-order valence-electron chi connectivity index (χ1n) is 7.81. The third-order valence-corrected chi connectivity index (χ3v) is 4.19. The highest BCUT2D eigenvalue weighted by atomic mass is 16.5. The summed E-state index contributed by atoms with van der Waals surface area (Å²) in [7, 11) is 3.24. The first-order chi connectivity index (χ1) is 11.6. The summed E-state index contributed by atoms with van der Waals surface area (Å²) in [4.78, 5) is 14.6. The molecular formula is C16H22N4O4. The van der Waals surface area contributed by atoms with Crippen molar-refractivity contribution >= 4 is 11.7 Å². The highest BCUT2D eigenvalue weighted by Gasteiger charge is 2.37. The number of aromatic nitrogens is 2. The molecule has 2 atom stereocenters. The number of carbonyl (C=O) groups is 1. The number of likely N-dealkylation sites (tertiary alicyclic amines) is 1. The summed E-state index contributed by atoms with van der Waals surface area (Å²) in [5.74, 6) is 1.25. The molecule has 2 aromatic heterocycles. The molecule has 24 heavy (non-hydrogen) atoms. The SMILES string of the molecule is COCc1ccc(C(=O)N2C[C@@H](OC)C[C@H]2Cn2ccc(N)n2)o1. The van der Waals surface area contributed by atoms with E-state index in [4.69, 9.17) is 19.6 Å². The Morgan fingerprint density at radius 3 is 2.92 bits per heavy atom. The number of hydrogen-bond donors (Lipinski definition) is 1. The summed E-state index contributed by atoms with van der Waals surface area (Å²) in [6.07, 6.45) is 2.55. The Hall–Kier alpha value is -2.32. The zero-order chi connectivity index (χ0) is 17.1. The minimum absolute atomic E-state index is 0.000247. The van der Waals surface area contributed by atoms with Gasteiger partial charge in [0.2, 0.25) is 0 Å². The van der Waals surface area contributed by atoms with Crippen LogP contribution in [-0.2, 0) is 22.6 Å². The maximum absolute atomic E-state index is 12.8. The molecule has 1 amide bonds. The van der Waals surface area contributed by atoms with Gasteiger partial charge in [-0.3, -0.25) is 9.48 Å². The summed E-state index contributed by atoms with van der Waals surface area (Å²) < 4.78 is 17.8. The molecule has 0 aromatic carbocycles. The van der Waals surface area contributed by atoms with Crippen molar-refractivity contribution in [3.05, 3.63) is 35.9 Å². The molecule has 0 saturated carbocycles. The van der Waals surface area contributed by atoms with Crippen LogP contribution >= 0.6 is 0 Å². The van der Waals surface area contributed by atoms with Gasteiger partial charge in [-0.1, -0.05) is 0 Å². The highest BCUT2D eigenvalue weighted by molar-refractivity contribution is 5.92. The maximum atomic E-state index is 12.8. The van der Waals surface area contributed by atoms with Gasteiger partial charge in [-0.2, -0.15) is 5.10 Å². The maximum Gasteiger partial charge on any atom is 0.289 e. The van der Waals surface area contributed by atoms with E-state index in [1.54, 1.807) is 42.0 Å². The number of carbonyl (C=O) groups excluding carboxylic acids is 1. The van der Waals surface area contributed by atoms with E-state index < -0.39 is 0 Å². The number of rotatable bonds is 6. The second-order valence-corrected chi connectivity index (χ2v) is 5.87. The zero-order valence-electron chi connectivity index (χ0n) is 13.8. The second-order valence-electron chi connectivity index (χ2n) is 5.87. The van der Waals surface area contributed by atoms with Crippen molar-refractivity contribution in [3.63, 3.8) is 0 Å². The van der Waals surface area contributed by atoms with Gasteiger partial charge < -0.3 is 24.5 Å². The van der Waals surface area contributed by atoms with E-state index in [-0.39, 0.29) is 18.1 Å². The Morgan fingerprint density at radius 2 is 2.25 bits per heavy atom. The van der Waals surface area contributed by atoms with Crippen LogP contribution in [0.25, 0.3) is 0 Å². The molecule has 2 N–H and O–H groups in total. The summed E-state index contributed by atoms with van der Waals surface area (Å²) in [5, 5.41) is 4.20. The van der Waals surface area contributed by atoms with Gasteiger partial charge in [0.15, 0.2) is 5.76 Å². The van der Waals surface area contributed by atoms with Crippen molar-refractivity contribution in [2.45, 2.75) is 31.7 Å². The average molecular weight is 334 g/mol. The number of hydrogen-bond acceptors (Lipinski definition) is 6. The number of nitrogens with zero attached hydrogens (tertiary/aromatic N) is 3. The molecule has 1 aliphatic heterocycles. The lowest BCUT2D eigenvalue weighted by Crippen LogP contribution is -2.38. The molecule has 130 valence electrons. The van der Waals surface area contributed by atoms with Crippen LogP contribution in [0.2, 0.25) is 0 Å². The fraction of sp³-hybridized carbons (Fsp3) is 0.500. The Bertz CT molecular complexity index is 696. The van der Waals surface area contributed by atoms with E-state index in [2.05, 4.69) is 5.10 Å². The van der Waals surface area contributed by atoms with Gasteiger partial charge in [-0.15, -0.1) is 0 Å². The third-order valence-electron chi connectivity index (χ3n) is 4.19. The molecular weight excluding hydrogens is 312 g/mol. The highest BCUT2D eigenvalue weighted by Crippen LogP contribution is 2.24. The molecule has 0 unspecified atom stereocenters. The molecule has 0 spiro atoms. The van der Waals surface area contributed by atoms with E-state index in [1.165, 1.54) is 0 Å². The number of methoxy groups -OCH3 is 2. The Kier molecular flexibility index (Phi) is 4.86. The van der Waals surface area contributed by atoms with Crippen molar-refractivity contribution in [2.24, 2.45) is 0 Å². The lowest BCUT2D eigenvalue weighted by atomic mass is 10.2. The van der Waals surface area contributed by atoms with Gasteiger partial charge in [0.25, 0.3) is 5.91 Å². The smallest absolute Gasteiger partial charge is 0.289 e. The summed E-state index contributed by atoms with van der Waals surface area (Å²) in [6.45, 7) is 1.43. The largest absolute Gasteiger partial charge is 0.453 e. The monoisotopic (exact) mass is 334 g/mol. The molecule has 2 aromatic rings. The molecule has 8 heteroatoms. The van der Waals surface area contributed by atoms with E-state index in [9.17, 15) is 4.79 Å². The molecule has 3 rings (SSSR count). The van der Waals surface area contributed by atoms with Crippen LogP contribution in [0.3, 0.4) is 0 Å². The van der Waals surface area contributed by atoms with Crippen molar-refractivity contribution in [1.29, 1.82) is 0 Å². The quantitative estimate of drug-likeness (QED) is 0.851. The molecule has 3 heterocycles. The molecule has 1 saturated heterocycles. The molecule has 8 nitrogen and oxygen atoms in total. The van der Waals surface area contributed by atoms with Gasteiger partial charge in [0.1, 0.15) is 18.2 Å². The van der Waals surface area contributed by atoms with Crippen LogP contribution in [-0.4, -0.2) is 53.5 Å². The number of anilines is 1. The first-order valence-corrected chi connectivity index (χ1v) is 7.81. The third kappa shape index (κ3) is 3.44. The van der Waals surface area contributed by atoms with Crippen molar-refractivity contribution in [3.8, 4) is 0 Å². The van der Waals surface area contributed by atoms with Crippen LogP contribution in [0.4, 0.5) is 5.82 Å². The predicted octanol–water partition coefficient (Wildman–Crippen LogP) is 1.13. The van der Waals surface area contributed by atoms with Gasteiger partial charge >= 0.3 is 0 Å². The molecule has 1 fully saturated rings. The minimum Gasteiger partial charge on any atom is -0.453 e. The lowest BCUT2D eigenvalue weighted by Gasteiger charge is -2.23. The van der Waals surface area contributed by atoms with Crippen LogP contribution in [0, 0.1) is 0 Å². The Morgan fingerprint density at radius 1 is 1.42 bits per heavy atom. The van der Waals surface area contributed by atoms with Gasteiger partial charge in [0, 0.05) is 27.0 Å². The fourth-order valence-electron chi connectivity index (χ4n) is 3.02. The van der Waals surface area contributed by atoms with E-state index in [0.29, 0.717) is 37.0 Å². The average Bonchev–Trinajstić information content (AvgIpc) is 3.28. The number of ether oxygens (including phenoxy) is 2. The fourth-order valence-corrected chi connectivity index (χ4v) is 3.02. The van der Waals surface area contributed by atoms with E-state index in [0.717, 1.165) is 6.42 Å². The number of nitrogens with two attached hydrogens (primary N) is 1. The Labute approximate surface area is 140 Å². The number of furan rings is 1. The topological polar surface area (TPSA) is 95.8 Å². The van der Waals surface area contributed by atoms with Crippen LogP contribution in [0.1, 0.15) is 22.7 Å². The minimum atomic E-state index is -0.151. The second kappa shape index (κ2) is 7.06. The Balaban J connectivity index is 1.75. The van der Waals surface area contributed by atoms with Crippen molar-refractivity contribution in [1.82, 2.24) is 14.7 Å². The van der Waals surface area contributed by atoms with Crippen molar-refractivity contribution < 1.29 is 18.7 Å². The predicted molar refractivity (Wildman–Crippen MR) is 86.3 cm³/mol. The summed E-state index contributed by atoms with van der Waals surface area (Å²) >= 11 is 0. The van der Waals surface area contributed by atoms with Gasteiger partial charge in [-0.05, 0) is 24.6 Å². The lowest BCUT2D eigenvalue weighted by molar-refractivity contribution is 0.0641. The van der Waals surface area contributed by atoms with Crippen LogP contribution in [0.15, 0.2) is 28.8 Å². The zero-order valence-corrected chi connectivity index (χ0v) is 13.8. The van der Waals surface area contributed by atoms with Crippen LogP contribution < -0.4 is 5.73 Å². The first kappa shape index (κ1) is 16.5. The van der Waals surface area contributed by atoms with E-state index in [1.807, 2.05) is 6.20 Å².